The molecule has 0 fully saturated rings. The summed E-state index contributed by atoms with van der Waals surface area (Å²) in [5.41, 5.74) is 8.76. The lowest BCUT2D eigenvalue weighted by atomic mass is 10.1. The third kappa shape index (κ3) is 2.38. The van der Waals surface area contributed by atoms with E-state index in [4.69, 9.17) is 16.3 Å². The number of urea groups is 1. The molecule has 7 heteroatoms. The second kappa shape index (κ2) is 5.25. The predicted molar refractivity (Wildman–Crippen MR) is 69.5 cm³/mol. The minimum atomic E-state index is -0.731. The van der Waals surface area contributed by atoms with Crippen LogP contribution in [0.4, 0.5) is 10.5 Å². The van der Waals surface area contributed by atoms with Crippen molar-refractivity contribution in [1.29, 1.82) is 0 Å². The number of ether oxygens (including phenoxy) is 1. The molecule has 0 saturated heterocycles. The second-order valence-electron chi connectivity index (χ2n) is 4.22. The maximum atomic E-state index is 12.0. The van der Waals surface area contributed by atoms with Crippen LogP contribution < -0.4 is 26.6 Å². The van der Waals surface area contributed by atoms with Crippen LogP contribution in [0.3, 0.4) is 0 Å². The highest BCUT2D eigenvalue weighted by Crippen LogP contribution is 2.35. The van der Waals surface area contributed by atoms with E-state index in [2.05, 4.69) is 0 Å². The molecule has 19 heavy (non-hydrogen) atoms. The van der Waals surface area contributed by atoms with Crippen molar-refractivity contribution in [2.75, 3.05) is 11.4 Å². The summed E-state index contributed by atoms with van der Waals surface area (Å²) in [5.74, 6) is 5.12. The summed E-state index contributed by atoms with van der Waals surface area (Å²) in [6.07, 6.45) is -0.0834. The Kier molecular flexibility index (Phi) is 3.68. The lowest BCUT2D eigenvalue weighted by Gasteiger charge is -2.31. The summed E-state index contributed by atoms with van der Waals surface area (Å²) in [4.78, 5) is 24.8. The highest BCUT2D eigenvalue weighted by atomic mass is 16.5. The van der Waals surface area contributed by atoms with Gasteiger partial charge in [-0.2, -0.15) is 0 Å². The Balaban J connectivity index is 2.47. The summed E-state index contributed by atoms with van der Waals surface area (Å²) in [6, 6.07) is 4.60. The summed E-state index contributed by atoms with van der Waals surface area (Å²) >= 11 is 0. The van der Waals surface area contributed by atoms with Crippen LogP contribution in [0.25, 0.3) is 0 Å². The molecule has 1 heterocycles. The molecular weight excluding hydrogens is 248 g/mol. The average Bonchev–Trinajstić information content (AvgIpc) is 2.40. The van der Waals surface area contributed by atoms with Crippen LogP contribution in [0.5, 0.6) is 5.75 Å². The Morgan fingerprint density at radius 1 is 1.53 bits per heavy atom. The van der Waals surface area contributed by atoms with E-state index in [9.17, 15) is 9.59 Å². The molecule has 1 aliphatic rings. The number of benzene rings is 1. The number of fused-ring (bicyclic) bond motifs is 1. The van der Waals surface area contributed by atoms with Crippen molar-refractivity contribution in [3.63, 3.8) is 0 Å². The number of hydrogen-bond acceptors (Lipinski definition) is 5. The quantitative estimate of drug-likeness (QED) is 0.392. The highest BCUT2D eigenvalue weighted by molar-refractivity contribution is 6.17. The van der Waals surface area contributed by atoms with Crippen molar-refractivity contribution < 1.29 is 14.3 Å². The highest BCUT2D eigenvalue weighted by Gasteiger charge is 2.35. The van der Waals surface area contributed by atoms with E-state index in [0.717, 1.165) is 10.5 Å². The lowest BCUT2D eigenvalue weighted by molar-refractivity contribution is -0.124. The van der Waals surface area contributed by atoms with Crippen LogP contribution in [0.1, 0.15) is 12.5 Å². The molecule has 3 amide bonds. The van der Waals surface area contributed by atoms with Gasteiger partial charge in [0.15, 0.2) is 6.10 Å². The van der Waals surface area contributed by atoms with E-state index in [-0.39, 0.29) is 0 Å². The number of hydrazine groups is 1. The van der Waals surface area contributed by atoms with E-state index in [1.54, 1.807) is 19.1 Å². The molecule has 2 rings (SSSR count). The molecule has 0 aromatic heterocycles. The van der Waals surface area contributed by atoms with Crippen molar-refractivity contribution in [3.8, 4) is 5.75 Å². The van der Waals surface area contributed by atoms with E-state index in [1.165, 1.54) is 0 Å². The first kappa shape index (κ1) is 13.3. The molecule has 0 radical (unpaired) electrons. The third-order valence-electron chi connectivity index (χ3n) is 2.90. The first-order valence-electron chi connectivity index (χ1n) is 5.92. The lowest BCUT2D eigenvalue weighted by Crippen LogP contribution is -2.53. The SMILES string of the molecule is CC1Oc2ccc(CCN)cc2N(C(=O)NN)C1=O. The second-order valence-corrected chi connectivity index (χ2v) is 4.22. The molecule has 0 aliphatic carbocycles. The fourth-order valence-corrected chi connectivity index (χ4v) is 1.97. The van der Waals surface area contributed by atoms with Gasteiger partial charge in [-0.1, -0.05) is 6.07 Å². The Morgan fingerprint density at radius 3 is 2.89 bits per heavy atom. The Labute approximate surface area is 110 Å². The topological polar surface area (TPSA) is 111 Å². The number of nitrogens with zero attached hydrogens (tertiary/aromatic N) is 1. The largest absolute Gasteiger partial charge is 0.479 e. The van der Waals surface area contributed by atoms with Gasteiger partial charge in [0.25, 0.3) is 5.91 Å². The van der Waals surface area contributed by atoms with Crippen LogP contribution in [-0.2, 0) is 11.2 Å². The summed E-state index contributed by atoms with van der Waals surface area (Å²) in [5, 5.41) is 0. The maximum Gasteiger partial charge on any atom is 0.343 e. The molecule has 102 valence electrons. The Hall–Kier alpha value is -2.12. The first-order chi connectivity index (χ1) is 9.08. The minimum Gasteiger partial charge on any atom is -0.479 e. The van der Waals surface area contributed by atoms with Crippen molar-refractivity contribution in [2.24, 2.45) is 11.6 Å². The average molecular weight is 264 g/mol. The molecule has 0 spiro atoms. The van der Waals surface area contributed by atoms with Gasteiger partial charge in [-0.3, -0.25) is 10.2 Å². The van der Waals surface area contributed by atoms with Gasteiger partial charge in [0, 0.05) is 0 Å². The molecule has 1 aromatic rings. The number of nitrogens with one attached hydrogen (secondary N) is 1. The van der Waals surface area contributed by atoms with E-state index >= 15 is 0 Å². The van der Waals surface area contributed by atoms with E-state index in [1.807, 2.05) is 11.5 Å². The number of carbonyl (C=O) groups excluding carboxylic acids is 2. The Morgan fingerprint density at radius 2 is 2.26 bits per heavy atom. The molecule has 1 atom stereocenters. The van der Waals surface area contributed by atoms with Gasteiger partial charge in [0.05, 0.1) is 5.69 Å². The monoisotopic (exact) mass is 264 g/mol. The molecule has 0 bridgehead atoms. The molecule has 7 nitrogen and oxygen atoms in total. The number of carbonyl (C=O) groups is 2. The fourth-order valence-electron chi connectivity index (χ4n) is 1.97. The summed E-state index contributed by atoms with van der Waals surface area (Å²) in [6.45, 7) is 2.06. The van der Waals surface area contributed by atoms with Crippen LogP contribution in [0, 0.1) is 0 Å². The zero-order chi connectivity index (χ0) is 14.0. The van der Waals surface area contributed by atoms with Gasteiger partial charge in [-0.15, -0.1) is 0 Å². The molecule has 1 aromatic carbocycles. The van der Waals surface area contributed by atoms with Gasteiger partial charge < -0.3 is 10.5 Å². The van der Waals surface area contributed by atoms with Crippen LogP contribution >= 0.6 is 0 Å². The fraction of sp³-hybridized carbons (Fsp3) is 0.333. The van der Waals surface area contributed by atoms with Gasteiger partial charge in [-0.05, 0) is 37.6 Å². The maximum absolute atomic E-state index is 12.0. The van der Waals surface area contributed by atoms with Crippen molar-refractivity contribution in [3.05, 3.63) is 23.8 Å². The predicted octanol–water partition coefficient (Wildman–Crippen LogP) is -0.115. The molecular formula is C12H16N4O3. The normalized spacial score (nSPS) is 17.7. The molecule has 1 unspecified atom stereocenters. The standard InChI is InChI=1S/C12H16N4O3/c1-7-11(17)16(12(18)15-14)9-6-8(4-5-13)2-3-10(9)19-7/h2-3,6-7H,4-5,13-14H2,1H3,(H,15,18). The number of imide groups is 1. The van der Waals surface area contributed by atoms with Crippen LogP contribution in [0.15, 0.2) is 18.2 Å². The number of hydrogen-bond donors (Lipinski definition) is 3. The van der Waals surface area contributed by atoms with Crippen molar-refractivity contribution in [1.82, 2.24) is 5.43 Å². The summed E-state index contributed by atoms with van der Waals surface area (Å²) < 4.78 is 5.46. The van der Waals surface area contributed by atoms with Gasteiger partial charge in [0.2, 0.25) is 0 Å². The smallest absolute Gasteiger partial charge is 0.343 e. The third-order valence-corrected chi connectivity index (χ3v) is 2.90. The van der Waals surface area contributed by atoms with Crippen LogP contribution in [-0.4, -0.2) is 24.6 Å². The number of amides is 3. The molecule has 0 saturated carbocycles. The first-order valence-corrected chi connectivity index (χ1v) is 5.92. The zero-order valence-electron chi connectivity index (χ0n) is 10.6. The van der Waals surface area contributed by atoms with Gasteiger partial charge >= 0.3 is 6.03 Å². The van der Waals surface area contributed by atoms with Crippen molar-refractivity contribution >= 4 is 17.6 Å². The van der Waals surface area contributed by atoms with Gasteiger partial charge in [-0.25, -0.2) is 15.5 Å². The van der Waals surface area contributed by atoms with Gasteiger partial charge in [0.1, 0.15) is 5.75 Å². The number of anilines is 1. The van der Waals surface area contributed by atoms with E-state index < -0.39 is 18.0 Å². The molecule has 1 aliphatic heterocycles. The minimum absolute atomic E-state index is 0.386. The van der Waals surface area contributed by atoms with E-state index in [0.29, 0.717) is 24.4 Å². The zero-order valence-corrected chi connectivity index (χ0v) is 10.6. The number of rotatable bonds is 2. The molecule has 5 N–H and O–H groups in total. The Bertz CT molecular complexity index is 518. The number of nitrogens with two attached hydrogens (primary N) is 2. The van der Waals surface area contributed by atoms with Crippen LogP contribution in [0.2, 0.25) is 0 Å². The van der Waals surface area contributed by atoms with Crippen molar-refractivity contribution in [2.45, 2.75) is 19.4 Å². The summed E-state index contributed by atoms with van der Waals surface area (Å²) in [7, 11) is 0.